The molecular formula is C18H22FN3. The highest BCUT2D eigenvalue weighted by molar-refractivity contribution is 5.80. The Morgan fingerprint density at radius 2 is 1.77 bits per heavy atom. The summed E-state index contributed by atoms with van der Waals surface area (Å²) in [7, 11) is 0. The van der Waals surface area contributed by atoms with Gasteiger partial charge in [-0.3, -0.25) is 0 Å². The van der Waals surface area contributed by atoms with Crippen molar-refractivity contribution in [3.05, 3.63) is 71.5 Å². The SMILES string of the molecule is CCNC(=NCc1ccccc1F)NC(C)c1ccccc1. The number of aliphatic imine (C=N–C) groups is 1. The molecule has 1 atom stereocenters. The highest BCUT2D eigenvalue weighted by atomic mass is 19.1. The first-order valence-electron chi connectivity index (χ1n) is 7.54. The average molecular weight is 299 g/mol. The van der Waals surface area contributed by atoms with Crippen molar-refractivity contribution in [2.45, 2.75) is 26.4 Å². The van der Waals surface area contributed by atoms with Crippen molar-refractivity contribution in [1.29, 1.82) is 0 Å². The molecular weight excluding hydrogens is 277 g/mol. The van der Waals surface area contributed by atoms with Crippen LogP contribution >= 0.6 is 0 Å². The van der Waals surface area contributed by atoms with E-state index in [2.05, 4.69) is 34.7 Å². The Balaban J connectivity index is 2.06. The topological polar surface area (TPSA) is 36.4 Å². The van der Waals surface area contributed by atoms with Crippen LogP contribution in [-0.4, -0.2) is 12.5 Å². The maximum atomic E-state index is 13.6. The standard InChI is InChI=1S/C18H22FN3/c1-3-20-18(21-13-16-11-7-8-12-17(16)19)22-14(2)15-9-5-4-6-10-15/h4-12,14H,3,13H2,1-2H3,(H2,20,21,22). The largest absolute Gasteiger partial charge is 0.357 e. The lowest BCUT2D eigenvalue weighted by Crippen LogP contribution is -2.38. The monoisotopic (exact) mass is 299 g/mol. The van der Waals surface area contributed by atoms with E-state index in [1.165, 1.54) is 11.6 Å². The minimum absolute atomic E-state index is 0.125. The zero-order valence-corrected chi connectivity index (χ0v) is 13.0. The molecule has 4 heteroatoms. The fourth-order valence-corrected chi connectivity index (χ4v) is 2.14. The summed E-state index contributed by atoms with van der Waals surface area (Å²) in [5.74, 6) is 0.459. The molecule has 0 radical (unpaired) electrons. The van der Waals surface area contributed by atoms with Crippen molar-refractivity contribution in [1.82, 2.24) is 10.6 Å². The second-order valence-corrected chi connectivity index (χ2v) is 5.06. The summed E-state index contributed by atoms with van der Waals surface area (Å²) in [5.41, 5.74) is 1.77. The molecule has 3 nitrogen and oxygen atoms in total. The highest BCUT2D eigenvalue weighted by Crippen LogP contribution is 2.11. The second-order valence-electron chi connectivity index (χ2n) is 5.06. The van der Waals surface area contributed by atoms with Crippen molar-refractivity contribution >= 4 is 5.96 Å². The molecule has 0 heterocycles. The Bertz CT molecular complexity index is 611. The predicted molar refractivity (Wildman–Crippen MR) is 89.2 cm³/mol. The van der Waals surface area contributed by atoms with Gasteiger partial charge < -0.3 is 10.6 Å². The smallest absolute Gasteiger partial charge is 0.192 e. The van der Waals surface area contributed by atoms with E-state index in [0.717, 1.165) is 6.54 Å². The molecule has 22 heavy (non-hydrogen) atoms. The van der Waals surface area contributed by atoms with E-state index in [4.69, 9.17) is 0 Å². The summed E-state index contributed by atoms with van der Waals surface area (Å²) in [4.78, 5) is 4.46. The summed E-state index contributed by atoms with van der Waals surface area (Å²) >= 11 is 0. The lowest BCUT2D eigenvalue weighted by molar-refractivity contribution is 0.609. The third-order valence-electron chi connectivity index (χ3n) is 3.36. The predicted octanol–water partition coefficient (Wildman–Crippen LogP) is 3.64. The van der Waals surface area contributed by atoms with Gasteiger partial charge in [-0.1, -0.05) is 48.5 Å². The van der Waals surface area contributed by atoms with E-state index < -0.39 is 0 Å². The van der Waals surface area contributed by atoms with Gasteiger partial charge in [-0.15, -0.1) is 0 Å². The van der Waals surface area contributed by atoms with Gasteiger partial charge in [0.1, 0.15) is 5.82 Å². The average Bonchev–Trinajstić information content (AvgIpc) is 2.55. The van der Waals surface area contributed by atoms with Crippen molar-refractivity contribution in [3.8, 4) is 0 Å². The molecule has 2 aromatic carbocycles. The van der Waals surface area contributed by atoms with Crippen LogP contribution in [0.1, 0.15) is 31.0 Å². The number of rotatable bonds is 5. The van der Waals surface area contributed by atoms with Gasteiger partial charge in [0.2, 0.25) is 0 Å². The number of benzene rings is 2. The number of nitrogens with zero attached hydrogens (tertiary/aromatic N) is 1. The van der Waals surface area contributed by atoms with Crippen LogP contribution in [0.25, 0.3) is 0 Å². The molecule has 116 valence electrons. The molecule has 0 aliphatic heterocycles. The zero-order chi connectivity index (χ0) is 15.8. The van der Waals surface area contributed by atoms with E-state index in [1.807, 2.05) is 31.2 Å². The molecule has 2 rings (SSSR count). The lowest BCUT2D eigenvalue weighted by Gasteiger charge is -2.18. The number of nitrogens with one attached hydrogen (secondary N) is 2. The molecule has 1 unspecified atom stereocenters. The fraction of sp³-hybridized carbons (Fsp3) is 0.278. The van der Waals surface area contributed by atoms with Gasteiger partial charge in [0.05, 0.1) is 12.6 Å². The Kier molecular flexibility index (Phi) is 5.95. The molecule has 0 fully saturated rings. The third kappa shape index (κ3) is 4.58. The highest BCUT2D eigenvalue weighted by Gasteiger charge is 2.07. The lowest BCUT2D eigenvalue weighted by atomic mass is 10.1. The zero-order valence-electron chi connectivity index (χ0n) is 13.0. The van der Waals surface area contributed by atoms with Crippen LogP contribution in [0.5, 0.6) is 0 Å². The van der Waals surface area contributed by atoms with E-state index in [1.54, 1.807) is 12.1 Å². The molecule has 0 aliphatic rings. The molecule has 0 saturated heterocycles. The Morgan fingerprint density at radius 1 is 1.09 bits per heavy atom. The second kappa shape index (κ2) is 8.17. The molecule has 2 N–H and O–H groups in total. The minimum Gasteiger partial charge on any atom is -0.357 e. The van der Waals surface area contributed by atoms with Gasteiger partial charge in [0, 0.05) is 12.1 Å². The summed E-state index contributed by atoms with van der Waals surface area (Å²) in [6.07, 6.45) is 0. The van der Waals surface area contributed by atoms with E-state index in [-0.39, 0.29) is 11.9 Å². The summed E-state index contributed by atoms with van der Waals surface area (Å²) < 4.78 is 13.6. The van der Waals surface area contributed by atoms with Crippen molar-refractivity contribution in [2.75, 3.05) is 6.54 Å². The van der Waals surface area contributed by atoms with Crippen LogP contribution in [0.15, 0.2) is 59.6 Å². The fourth-order valence-electron chi connectivity index (χ4n) is 2.14. The number of guanidine groups is 1. The Morgan fingerprint density at radius 3 is 2.45 bits per heavy atom. The summed E-state index contributed by atoms with van der Waals surface area (Å²) in [5, 5.41) is 6.53. The summed E-state index contributed by atoms with van der Waals surface area (Å²) in [6.45, 7) is 5.15. The van der Waals surface area contributed by atoms with Gasteiger partial charge in [-0.05, 0) is 25.5 Å². The van der Waals surface area contributed by atoms with Crippen LogP contribution in [-0.2, 0) is 6.54 Å². The summed E-state index contributed by atoms with van der Waals surface area (Å²) in [6, 6.07) is 17.0. The van der Waals surface area contributed by atoms with Crippen LogP contribution in [0.4, 0.5) is 4.39 Å². The first-order chi connectivity index (χ1) is 10.7. The molecule has 0 bridgehead atoms. The van der Waals surface area contributed by atoms with Gasteiger partial charge in [-0.25, -0.2) is 9.38 Å². The molecule has 2 aromatic rings. The molecule has 0 spiro atoms. The Hall–Kier alpha value is -2.36. The molecule has 0 saturated carbocycles. The maximum absolute atomic E-state index is 13.6. The van der Waals surface area contributed by atoms with Gasteiger partial charge in [-0.2, -0.15) is 0 Å². The number of hydrogen-bond acceptors (Lipinski definition) is 1. The molecule has 0 amide bonds. The van der Waals surface area contributed by atoms with Crippen LogP contribution < -0.4 is 10.6 Å². The maximum Gasteiger partial charge on any atom is 0.192 e. The van der Waals surface area contributed by atoms with Crippen LogP contribution in [0.3, 0.4) is 0 Å². The first-order valence-corrected chi connectivity index (χ1v) is 7.54. The van der Waals surface area contributed by atoms with Crippen molar-refractivity contribution < 1.29 is 4.39 Å². The molecule has 0 aromatic heterocycles. The quantitative estimate of drug-likeness (QED) is 0.653. The third-order valence-corrected chi connectivity index (χ3v) is 3.36. The van der Waals surface area contributed by atoms with Gasteiger partial charge >= 0.3 is 0 Å². The van der Waals surface area contributed by atoms with Gasteiger partial charge in [0.25, 0.3) is 0 Å². The van der Waals surface area contributed by atoms with Crippen molar-refractivity contribution in [3.63, 3.8) is 0 Å². The first kappa shape index (κ1) is 16.0. The van der Waals surface area contributed by atoms with E-state index in [9.17, 15) is 4.39 Å². The van der Waals surface area contributed by atoms with Gasteiger partial charge in [0.15, 0.2) is 5.96 Å². The van der Waals surface area contributed by atoms with Crippen LogP contribution in [0, 0.1) is 5.82 Å². The normalized spacial score (nSPS) is 12.8. The Labute approximate surface area is 131 Å². The van der Waals surface area contributed by atoms with Crippen molar-refractivity contribution in [2.24, 2.45) is 4.99 Å². The van der Waals surface area contributed by atoms with E-state index in [0.29, 0.717) is 18.1 Å². The number of halogens is 1. The molecule has 0 aliphatic carbocycles. The minimum atomic E-state index is -0.224. The van der Waals surface area contributed by atoms with E-state index >= 15 is 0 Å². The van der Waals surface area contributed by atoms with Crippen LogP contribution in [0.2, 0.25) is 0 Å². The number of hydrogen-bond donors (Lipinski definition) is 2.